The van der Waals surface area contributed by atoms with Gasteiger partial charge in [0.2, 0.25) is 6.20 Å². The molecule has 0 radical (unpaired) electrons. The predicted molar refractivity (Wildman–Crippen MR) is 61.3 cm³/mol. The van der Waals surface area contributed by atoms with Gasteiger partial charge in [0.25, 0.3) is 0 Å². The molecule has 2 N–H and O–H groups in total. The van der Waals surface area contributed by atoms with E-state index in [-0.39, 0.29) is 5.56 Å². The quantitative estimate of drug-likeness (QED) is 0.625. The van der Waals surface area contributed by atoms with Gasteiger partial charge in [0.15, 0.2) is 0 Å². The van der Waals surface area contributed by atoms with Crippen molar-refractivity contribution < 1.29 is 14.8 Å². The van der Waals surface area contributed by atoms with Crippen LogP contribution in [0.2, 0.25) is 0 Å². The number of hydrogen-bond acceptors (Lipinski definition) is 3. The smallest absolute Gasteiger partial charge is 0.337 e. The number of para-hydroxylation sites is 1. The van der Waals surface area contributed by atoms with Gasteiger partial charge < -0.3 is 10.1 Å². The minimum Gasteiger partial charge on any atom is -0.478 e. The number of hydrogen-bond donors (Lipinski definition) is 2. The van der Waals surface area contributed by atoms with E-state index in [2.05, 4.69) is 4.98 Å². The van der Waals surface area contributed by atoms with Crippen molar-refractivity contribution in [2.45, 2.75) is 0 Å². The molecular weight excluding hydrogens is 224 g/mol. The molecule has 6 heteroatoms. The molecular formula is C11H8N2O4. The van der Waals surface area contributed by atoms with E-state index >= 15 is 0 Å². The highest BCUT2D eigenvalue weighted by atomic mass is 16.6. The second-order valence-corrected chi connectivity index (χ2v) is 3.38. The van der Waals surface area contributed by atoms with Crippen molar-refractivity contribution >= 4 is 22.9 Å². The van der Waals surface area contributed by atoms with E-state index in [4.69, 9.17) is 5.11 Å². The molecule has 6 nitrogen and oxygen atoms in total. The molecule has 0 amide bonds. The van der Waals surface area contributed by atoms with E-state index in [9.17, 15) is 14.9 Å². The number of carboxylic acid groups (broad SMARTS) is 1. The molecule has 2 rings (SSSR count). The number of nitrogens with one attached hydrogen (secondary N) is 1. The monoisotopic (exact) mass is 232 g/mol. The second kappa shape index (κ2) is 4.09. The highest BCUT2D eigenvalue weighted by Crippen LogP contribution is 2.22. The third kappa shape index (κ3) is 2.00. The fourth-order valence-corrected chi connectivity index (χ4v) is 1.63. The van der Waals surface area contributed by atoms with Crippen molar-refractivity contribution in [3.8, 4) is 0 Å². The first kappa shape index (κ1) is 10.9. The van der Waals surface area contributed by atoms with E-state index < -0.39 is 10.9 Å². The van der Waals surface area contributed by atoms with Gasteiger partial charge >= 0.3 is 5.97 Å². The Labute approximate surface area is 95.3 Å². The number of rotatable bonds is 3. The minimum absolute atomic E-state index is 0.142. The number of fused-ring (bicyclic) bond motifs is 1. The van der Waals surface area contributed by atoms with Crippen LogP contribution in [0.5, 0.6) is 0 Å². The van der Waals surface area contributed by atoms with E-state index in [1.54, 1.807) is 12.1 Å². The maximum atomic E-state index is 10.9. The molecule has 0 bridgehead atoms. The first-order valence-corrected chi connectivity index (χ1v) is 4.74. The zero-order chi connectivity index (χ0) is 12.4. The summed E-state index contributed by atoms with van der Waals surface area (Å²) in [6, 6.07) is 4.78. The Bertz CT molecular complexity index is 627. The topological polar surface area (TPSA) is 96.2 Å². The molecule has 0 aliphatic heterocycles. The van der Waals surface area contributed by atoms with Crippen LogP contribution in [0.3, 0.4) is 0 Å². The number of carboxylic acids is 1. The van der Waals surface area contributed by atoms with Crippen molar-refractivity contribution in [3.63, 3.8) is 0 Å². The number of benzene rings is 1. The van der Waals surface area contributed by atoms with Crippen LogP contribution >= 0.6 is 0 Å². The van der Waals surface area contributed by atoms with Crippen LogP contribution in [-0.2, 0) is 0 Å². The highest BCUT2D eigenvalue weighted by Gasteiger charge is 2.11. The van der Waals surface area contributed by atoms with E-state index in [1.165, 1.54) is 18.3 Å². The molecule has 17 heavy (non-hydrogen) atoms. The number of aromatic nitrogens is 1. The maximum absolute atomic E-state index is 10.9. The van der Waals surface area contributed by atoms with Crippen LogP contribution in [0.25, 0.3) is 17.0 Å². The van der Waals surface area contributed by atoms with Crippen LogP contribution in [0.1, 0.15) is 15.9 Å². The molecule has 0 saturated carbocycles. The fraction of sp³-hybridized carbons (Fsp3) is 0. The zero-order valence-corrected chi connectivity index (χ0v) is 8.58. The molecule has 1 heterocycles. The Morgan fingerprint density at radius 3 is 2.88 bits per heavy atom. The number of aromatic carboxylic acids is 1. The minimum atomic E-state index is -1.04. The lowest BCUT2D eigenvalue weighted by molar-refractivity contribution is -0.400. The van der Waals surface area contributed by atoms with Gasteiger partial charge in [0.05, 0.1) is 16.0 Å². The molecule has 0 saturated heterocycles. The lowest BCUT2D eigenvalue weighted by Gasteiger charge is -1.96. The first-order valence-electron chi connectivity index (χ1n) is 4.74. The number of carbonyl (C=O) groups is 1. The third-order valence-corrected chi connectivity index (χ3v) is 2.35. The van der Waals surface area contributed by atoms with E-state index in [1.807, 2.05) is 0 Å². The summed E-state index contributed by atoms with van der Waals surface area (Å²) in [5.41, 5.74) is 1.19. The van der Waals surface area contributed by atoms with Crippen molar-refractivity contribution in [3.05, 3.63) is 51.8 Å². The Kier molecular flexibility index (Phi) is 2.61. The Morgan fingerprint density at radius 2 is 2.24 bits per heavy atom. The molecule has 0 aliphatic carbocycles. The van der Waals surface area contributed by atoms with E-state index in [0.717, 1.165) is 6.20 Å². The van der Waals surface area contributed by atoms with Crippen LogP contribution < -0.4 is 0 Å². The summed E-state index contributed by atoms with van der Waals surface area (Å²) in [4.78, 5) is 23.4. The molecule has 86 valence electrons. The Hall–Kier alpha value is -2.63. The van der Waals surface area contributed by atoms with Crippen LogP contribution in [0.15, 0.2) is 30.6 Å². The molecule has 0 unspecified atom stereocenters. The summed E-state index contributed by atoms with van der Waals surface area (Å²) < 4.78 is 0. The van der Waals surface area contributed by atoms with E-state index in [0.29, 0.717) is 16.5 Å². The standard InChI is InChI=1S/C11H8N2O4/c14-11(15)9-3-1-2-8-7(4-5-13(16)17)6-12-10(8)9/h1-6,12H,(H,14,15). The SMILES string of the molecule is O=C(O)c1cccc2c(C=C[N+](=O)[O-])c[nH]c12. The summed E-state index contributed by atoms with van der Waals surface area (Å²) >= 11 is 0. The molecule has 0 atom stereocenters. The van der Waals surface area contributed by atoms with Gasteiger partial charge in [0, 0.05) is 23.2 Å². The lowest BCUT2D eigenvalue weighted by atomic mass is 10.1. The van der Waals surface area contributed by atoms with Crippen LogP contribution in [-0.4, -0.2) is 21.0 Å². The summed E-state index contributed by atoms with van der Waals surface area (Å²) in [5, 5.41) is 19.8. The van der Waals surface area contributed by atoms with Crippen molar-refractivity contribution in [1.82, 2.24) is 4.98 Å². The van der Waals surface area contributed by atoms with Gasteiger partial charge in [-0.2, -0.15) is 0 Å². The first-order chi connectivity index (χ1) is 8.09. The van der Waals surface area contributed by atoms with Gasteiger partial charge in [-0.3, -0.25) is 10.1 Å². The van der Waals surface area contributed by atoms with Gasteiger partial charge in [-0.1, -0.05) is 12.1 Å². The zero-order valence-electron chi connectivity index (χ0n) is 8.58. The van der Waals surface area contributed by atoms with Gasteiger partial charge in [0.1, 0.15) is 0 Å². The second-order valence-electron chi connectivity index (χ2n) is 3.38. The summed E-state index contributed by atoms with van der Waals surface area (Å²) in [5.74, 6) is -1.04. The molecule has 0 fully saturated rings. The van der Waals surface area contributed by atoms with Crippen molar-refractivity contribution in [1.29, 1.82) is 0 Å². The molecule has 0 spiro atoms. The highest BCUT2D eigenvalue weighted by molar-refractivity contribution is 6.04. The summed E-state index contributed by atoms with van der Waals surface area (Å²) in [6.07, 6.45) is 3.68. The molecule has 0 aliphatic rings. The number of aromatic amines is 1. The largest absolute Gasteiger partial charge is 0.478 e. The molecule has 1 aromatic carbocycles. The molecule has 1 aromatic heterocycles. The normalized spacial score (nSPS) is 11.1. The van der Waals surface area contributed by atoms with Crippen LogP contribution in [0.4, 0.5) is 0 Å². The van der Waals surface area contributed by atoms with Gasteiger partial charge in [-0.25, -0.2) is 4.79 Å². The van der Waals surface area contributed by atoms with Crippen molar-refractivity contribution in [2.24, 2.45) is 0 Å². The maximum Gasteiger partial charge on any atom is 0.337 e. The summed E-state index contributed by atoms with van der Waals surface area (Å²) in [7, 11) is 0. The number of nitrogens with zero attached hydrogens (tertiary/aromatic N) is 1. The van der Waals surface area contributed by atoms with Gasteiger partial charge in [-0.15, -0.1) is 0 Å². The average Bonchev–Trinajstić information content (AvgIpc) is 2.68. The third-order valence-electron chi connectivity index (χ3n) is 2.35. The molecule has 2 aromatic rings. The van der Waals surface area contributed by atoms with Crippen LogP contribution in [0, 0.1) is 10.1 Å². The average molecular weight is 232 g/mol. The Balaban J connectivity index is 2.59. The number of H-pyrrole nitrogens is 1. The van der Waals surface area contributed by atoms with Gasteiger partial charge in [-0.05, 0) is 6.07 Å². The predicted octanol–water partition coefficient (Wildman–Crippen LogP) is 2.11. The number of nitro groups is 1. The fourth-order valence-electron chi connectivity index (χ4n) is 1.63. The summed E-state index contributed by atoms with van der Waals surface area (Å²) in [6.45, 7) is 0. The van der Waals surface area contributed by atoms with Crippen molar-refractivity contribution in [2.75, 3.05) is 0 Å². The Morgan fingerprint density at radius 1 is 1.47 bits per heavy atom. The lowest BCUT2D eigenvalue weighted by Crippen LogP contribution is -1.96.